The molecule has 0 saturated carbocycles. The summed E-state index contributed by atoms with van der Waals surface area (Å²) in [6.45, 7) is 3.73. The summed E-state index contributed by atoms with van der Waals surface area (Å²) in [6.07, 6.45) is 0. The van der Waals surface area contributed by atoms with Gasteiger partial charge in [-0.25, -0.2) is 4.39 Å². The molecule has 0 bridgehead atoms. The number of halogens is 1. The van der Waals surface area contributed by atoms with Crippen molar-refractivity contribution in [3.8, 4) is 5.75 Å². The van der Waals surface area contributed by atoms with Crippen molar-refractivity contribution in [1.82, 2.24) is 14.4 Å². The minimum atomic E-state index is -0.217. The summed E-state index contributed by atoms with van der Waals surface area (Å²) >= 11 is 0. The van der Waals surface area contributed by atoms with Crippen molar-refractivity contribution in [3.05, 3.63) is 65.6 Å². The number of benzene rings is 2. The SMILES string of the molecule is COc1cccc2c1cc(C(=O)N1CCN(Cc3ccc(F)cc3)CC1)n2C. The highest BCUT2D eigenvalue weighted by molar-refractivity contribution is 6.00. The number of amides is 1. The van der Waals surface area contributed by atoms with Gasteiger partial charge in [0, 0.05) is 45.2 Å². The van der Waals surface area contributed by atoms with Gasteiger partial charge >= 0.3 is 0 Å². The third kappa shape index (κ3) is 3.47. The molecule has 28 heavy (non-hydrogen) atoms. The quantitative estimate of drug-likeness (QED) is 0.696. The van der Waals surface area contributed by atoms with E-state index < -0.39 is 0 Å². The van der Waals surface area contributed by atoms with E-state index in [1.165, 1.54) is 12.1 Å². The van der Waals surface area contributed by atoms with Crippen LogP contribution in [0.2, 0.25) is 0 Å². The molecule has 0 radical (unpaired) electrons. The van der Waals surface area contributed by atoms with Gasteiger partial charge < -0.3 is 14.2 Å². The Labute approximate surface area is 163 Å². The highest BCUT2D eigenvalue weighted by Gasteiger charge is 2.25. The smallest absolute Gasteiger partial charge is 0.270 e. The first-order valence-corrected chi connectivity index (χ1v) is 9.45. The topological polar surface area (TPSA) is 37.7 Å². The minimum absolute atomic E-state index is 0.0437. The largest absolute Gasteiger partial charge is 0.496 e. The van der Waals surface area contributed by atoms with Crippen LogP contribution in [0.1, 0.15) is 16.1 Å². The maximum atomic E-state index is 13.1. The molecule has 1 aromatic heterocycles. The number of piperazine rings is 1. The molecule has 3 aromatic rings. The Morgan fingerprint density at radius 1 is 1.07 bits per heavy atom. The summed E-state index contributed by atoms with van der Waals surface area (Å²) in [7, 11) is 3.56. The fourth-order valence-electron chi connectivity index (χ4n) is 3.84. The number of hydrogen-bond acceptors (Lipinski definition) is 3. The summed E-state index contributed by atoms with van der Waals surface area (Å²) in [5.41, 5.74) is 2.74. The van der Waals surface area contributed by atoms with Gasteiger partial charge in [0.2, 0.25) is 0 Å². The maximum absolute atomic E-state index is 13.1. The van der Waals surface area contributed by atoms with Crippen LogP contribution in [0.15, 0.2) is 48.5 Å². The summed E-state index contributed by atoms with van der Waals surface area (Å²) in [5.74, 6) is 0.601. The summed E-state index contributed by atoms with van der Waals surface area (Å²) in [5, 5.41) is 0.950. The summed E-state index contributed by atoms with van der Waals surface area (Å²) in [4.78, 5) is 17.3. The van der Waals surface area contributed by atoms with E-state index >= 15 is 0 Å². The Hall–Kier alpha value is -2.86. The van der Waals surface area contributed by atoms with E-state index in [0.717, 1.165) is 41.9 Å². The standard InChI is InChI=1S/C22H24FN3O2/c1-24-19-4-3-5-21(28-2)18(19)14-20(24)22(27)26-12-10-25(11-13-26)15-16-6-8-17(23)9-7-16/h3-9,14H,10-13,15H2,1-2H3. The van der Waals surface area contributed by atoms with E-state index in [-0.39, 0.29) is 11.7 Å². The average molecular weight is 381 g/mol. The second-order valence-electron chi connectivity index (χ2n) is 7.18. The molecule has 4 rings (SSSR count). The molecule has 6 heteroatoms. The van der Waals surface area contributed by atoms with Gasteiger partial charge in [-0.3, -0.25) is 9.69 Å². The number of aryl methyl sites for hydroxylation is 1. The average Bonchev–Trinajstić information content (AvgIpc) is 3.06. The fraction of sp³-hybridized carbons (Fsp3) is 0.318. The molecule has 0 N–H and O–H groups in total. The van der Waals surface area contributed by atoms with E-state index in [1.54, 1.807) is 7.11 Å². The zero-order chi connectivity index (χ0) is 19.7. The van der Waals surface area contributed by atoms with Gasteiger partial charge in [0.25, 0.3) is 5.91 Å². The Morgan fingerprint density at radius 3 is 2.46 bits per heavy atom. The normalized spacial score (nSPS) is 15.2. The van der Waals surface area contributed by atoms with E-state index in [9.17, 15) is 9.18 Å². The van der Waals surface area contributed by atoms with E-state index in [4.69, 9.17) is 4.74 Å². The van der Waals surface area contributed by atoms with Gasteiger partial charge in [0.05, 0.1) is 12.6 Å². The van der Waals surface area contributed by atoms with Crippen LogP contribution >= 0.6 is 0 Å². The van der Waals surface area contributed by atoms with E-state index in [0.29, 0.717) is 18.8 Å². The molecule has 146 valence electrons. The van der Waals surface area contributed by atoms with Gasteiger partial charge in [-0.2, -0.15) is 0 Å². The van der Waals surface area contributed by atoms with Crippen molar-refractivity contribution in [2.45, 2.75) is 6.54 Å². The van der Waals surface area contributed by atoms with Gasteiger partial charge in [0.1, 0.15) is 17.3 Å². The molecular formula is C22H24FN3O2. The maximum Gasteiger partial charge on any atom is 0.270 e. The van der Waals surface area contributed by atoms with Crippen molar-refractivity contribution in [3.63, 3.8) is 0 Å². The lowest BCUT2D eigenvalue weighted by molar-refractivity contribution is 0.0619. The van der Waals surface area contributed by atoms with Crippen LogP contribution in [0, 0.1) is 5.82 Å². The number of ether oxygens (including phenoxy) is 1. The van der Waals surface area contributed by atoms with Crippen LogP contribution in [0.5, 0.6) is 5.75 Å². The van der Waals surface area contributed by atoms with Gasteiger partial charge in [0.15, 0.2) is 0 Å². The first-order chi connectivity index (χ1) is 13.6. The molecular weight excluding hydrogens is 357 g/mol. The molecule has 0 atom stereocenters. The number of carbonyl (C=O) groups excluding carboxylic acids is 1. The molecule has 1 fully saturated rings. The predicted molar refractivity (Wildman–Crippen MR) is 107 cm³/mol. The number of aromatic nitrogens is 1. The van der Waals surface area contributed by atoms with E-state index in [2.05, 4.69) is 4.90 Å². The van der Waals surface area contributed by atoms with Crippen LogP contribution in [-0.2, 0) is 13.6 Å². The third-order valence-corrected chi connectivity index (χ3v) is 5.46. The van der Waals surface area contributed by atoms with Crippen LogP contribution < -0.4 is 4.74 Å². The van der Waals surface area contributed by atoms with Crippen molar-refractivity contribution < 1.29 is 13.9 Å². The van der Waals surface area contributed by atoms with Crippen molar-refractivity contribution in [2.24, 2.45) is 7.05 Å². The molecule has 2 aromatic carbocycles. The van der Waals surface area contributed by atoms with E-state index in [1.807, 2.05) is 52.9 Å². The minimum Gasteiger partial charge on any atom is -0.496 e. The molecule has 0 unspecified atom stereocenters. The van der Waals surface area contributed by atoms with Gasteiger partial charge in [-0.15, -0.1) is 0 Å². The molecule has 5 nitrogen and oxygen atoms in total. The molecule has 0 aliphatic carbocycles. The Kier molecular flexibility index (Phi) is 5.05. The predicted octanol–water partition coefficient (Wildman–Crippen LogP) is 3.28. The highest BCUT2D eigenvalue weighted by Crippen LogP contribution is 2.28. The first kappa shape index (κ1) is 18.5. The van der Waals surface area contributed by atoms with Crippen LogP contribution in [-0.4, -0.2) is 53.6 Å². The first-order valence-electron chi connectivity index (χ1n) is 9.45. The number of carbonyl (C=O) groups is 1. The second-order valence-corrected chi connectivity index (χ2v) is 7.18. The van der Waals surface area contributed by atoms with Crippen molar-refractivity contribution in [1.29, 1.82) is 0 Å². The molecule has 1 saturated heterocycles. The van der Waals surface area contributed by atoms with Crippen molar-refractivity contribution in [2.75, 3.05) is 33.3 Å². The lowest BCUT2D eigenvalue weighted by Crippen LogP contribution is -2.48. The molecule has 1 aliphatic heterocycles. The Balaban J connectivity index is 1.45. The monoisotopic (exact) mass is 381 g/mol. The number of fused-ring (bicyclic) bond motifs is 1. The van der Waals surface area contributed by atoms with Crippen LogP contribution in [0.3, 0.4) is 0 Å². The lowest BCUT2D eigenvalue weighted by Gasteiger charge is -2.34. The number of nitrogens with zero attached hydrogens (tertiary/aromatic N) is 3. The van der Waals surface area contributed by atoms with Crippen LogP contribution in [0.4, 0.5) is 4.39 Å². The van der Waals surface area contributed by atoms with Gasteiger partial charge in [-0.05, 0) is 35.9 Å². The summed E-state index contributed by atoms with van der Waals surface area (Å²) < 4.78 is 20.4. The molecule has 0 spiro atoms. The lowest BCUT2D eigenvalue weighted by atomic mass is 10.2. The Bertz CT molecular complexity index is 989. The number of rotatable bonds is 4. The van der Waals surface area contributed by atoms with Crippen LogP contribution in [0.25, 0.3) is 10.9 Å². The highest BCUT2D eigenvalue weighted by atomic mass is 19.1. The number of hydrogen-bond donors (Lipinski definition) is 0. The van der Waals surface area contributed by atoms with Crippen molar-refractivity contribution >= 4 is 16.8 Å². The zero-order valence-electron chi connectivity index (χ0n) is 16.2. The fourth-order valence-corrected chi connectivity index (χ4v) is 3.84. The molecule has 2 heterocycles. The second kappa shape index (κ2) is 7.64. The van der Waals surface area contributed by atoms with Gasteiger partial charge in [-0.1, -0.05) is 18.2 Å². The number of methoxy groups -OCH3 is 1. The molecule has 1 amide bonds. The Morgan fingerprint density at radius 2 is 1.79 bits per heavy atom. The zero-order valence-corrected chi connectivity index (χ0v) is 16.2. The molecule has 1 aliphatic rings. The third-order valence-electron chi connectivity index (χ3n) is 5.46. The summed E-state index contributed by atoms with van der Waals surface area (Å²) in [6, 6.07) is 14.4.